The number of fused-ring (bicyclic) bond motifs is 3. The molecule has 0 saturated heterocycles. The summed E-state index contributed by atoms with van der Waals surface area (Å²) in [6.45, 7) is 6.17. The molecule has 1 heterocycles. The molecular formula is C18H21N3S. The van der Waals surface area contributed by atoms with Gasteiger partial charge < -0.3 is 15.2 Å². The molecule has 0 saturated carbocycles. The van der Waals surface area contributed by atoms with E-state index in [0.717, 1.165) is 25.2 Å². The molecule has 0 aliphatic carbocycles. The fraction of sp³-hybridized carbons (Fsp3) is 0.278. The van der Waals surface area contributed by atoms with E-state index in [1.54, 1.807) is 0 Å². The number of para-hydroxylation sites is 1. The van der Waals surface area contributed by atoms with Gasteiger partial charge in [0.1, 0.15) is 0 Å². The molecular weight excluding hydrogens is 290 g/mol. The molecule has 0 radical (unpaired) electrons. The minimum absolute atomic E-state index is 0.681. The Balaban J connectivity index is 2.02. The van der Waals surface area contributed by atoms with Crippen LogP contribution in [0.1, 0.15) is 20.3 Å². The second-order valence-electron chi connectivity index (χ2n) is 5.37. The zero-order valence-electron chi connectivity index (χ0n) is 13.0. The Morgan fingerprint density at radius 1 is 1.05 bits per heavy atom. The van der Waals surface area contributed by atoms with Gasteiger partial charge in [-0.05, 0) is 49.8 Å². The second kappa shape index (κ2) is 6.36. The molecule has 2 N–H and O–H groups in total. The first-order valence-corrected chi connectivity index (χ1v) is 8.21. The predicted molar refractivity (Wildman–Crippen MR) is 99.6 cm³/mol. The second-order valence-corrected chi connectivity index (χ2v) is 5.78. The third-order valence-corrected chi connectivity index (χ3v) is 4.13. The quantitative estimate of drug-likeness (QED) is 0.695. The Hall–Kier alpha value is -2.07. The number of hydrogen-bond acceptors (Lipinski definition) is 1. The van der Waals surface area contributed by atoms with Gasteiger partial charge in [0.25, 0.3) is 0 Å². The van der Waals surface area contributed by atoms with Gasteiger partial charge in [-0.3, -0.25) is 0 Å². The maximum atomic E-state index is 5.32. The molecule has 0 unspecified atom stereocenters. The number of hydrogen-bond donors (Lipinski definition) is 2. The van der Waals surface area contributed by atoms with Crippen LogP contribution in [-0.4, -0.2) is 16.2 Å². The van der Waals surface area contributed by atoms with Crippen LogP contribution in [0.4, 0.5) is 5.69 Å². The van der Waals surface area contributed by atoms with Gasteiger partial charge in [-0.2, -0.15) is 0 Å². The van der Waals surface area contributed by atoms with Gasteiger partial charge in [0, 0.05) is 40.6 Å². The Morgan fingerprint density at radius 2 is 1.82 bits per heavy atom. The maximum absolute atomic E-state index is 5.32. The first-order chi connectivity index (χ1) is 10.7. The van der Waals surface area contributed by atoms with Gasteiger partial charge in [0.15, 0.2) is 5.11 Å². The van der Waals surface area contributed by atoms with Gasteiger partial charge in [0.05, 0.1) is 0 Å². The Kier molecular flexibility index (Phi) is 4.29. The lowest BCUT2D eigenvalue weighted by molar-refractivity contribution is 0.827. The number of thiocarbonyl (C=S) groups is 1. The van der Waals surface area contributed by atoms with Crippen molar-refractivity contribution >= 4 is 44.8 Å². The van der Waals surface area contributed by atoms with Crippen LogP contribution in [0.2, 0.25) is 0 Å². The normalized spacial score (nSPS) is 11.0. The fourth-order valence-corrected chi connectivity index (χ4v) is 3.11. The van der Waals surface area contributed by atoms with Crippen LogP contribution in [0, 0.1) is 0 Å². The van der Waals surface area contributed by atoms with Crippen molar-refractivity contribution in [1.29, 1.82) is 0 Å². The third-order valence-electron chi connectivity index (χ3n) is 3.88. The molecule has 114 valence electrons. The summed E-state index contributed by atoms with van der Waals surface area (Å²) in [6.07, 6.45) is 1.06. The zero-order chi connectivity index (χ0) is 15.5. The summed E-state index contributed by atoms with van der Waals surface area (Å²) in [6, 6.07) is 15.0. The van der Waals surface area contributed by atoms with E-state index in [1.807, 2.05) is 0 Å². The number of anilines is 1. The molecule has 0 bridgehead atoms. The molecule has 2 aromatic carbocycles. The van der Waals surface area contributed by atoms with Crippen LogP contribution in [0.3, 0.4) is 0 Å². The maximum Gasteiger partial charge on any atom is 0.170 e. The number of aryl methyl sites for hydroxylation is 1. The highest BCUT2D eigenvalue weighted by molar-refractivity contribution is 7.80. The molecule has 0 amide bonds. The lowest BCUT2D eigenvalue weighted by atomic mass is 10.1. The van der Waals surface area contributed by atoms with E-state index in [4.69, 9.17) is 12.2 Å². The lowest BCUT2D eigenvalue weighted by Gasteiger charge is -2.10. The molecule has 22 heavy (non-hydrogen) atoms. The van der Waals surface area contributed by atoms with E-state index in [2.05, 4.69) is 71.5 Å². The summed E-state index contributed by atoms with van der Waals surface area (Å²) in [5.41, 5.74) is 3.57. The summed E-state index contributed by atoms with van der Waals surface area (Å²) >= 11 is 5.32. The molecule has 4 heteroatoms. The van der Waals surface area contributed by atoms with Crippen molar-refractivity contribution in [3.63, 3.8) is 0 Å². The van der Waals surface area contributed by atoms with Crippen LogP contribution in [0.15, 0.2) is 42.5 Å². The predicted octanol–water partition coefficient (Wildman–Crippen LogP) is 4.51. The fourth-order valence-electron chi connectivity index (χ4n) is 2.89. The minimum Gasteiger partial charge on any atom is -0.362 e. The molecule has 0 spiro atoms. The average Bonchev–Trinajstić information content (AvgIpc) is 2.86. The summed E-state index contributed by atoms with van der Waals surface area (Å²) in [5, 5.41) is 9.70. The zero-order valence-corrected chi connectivity index (χ0v) is 13.8. The van der Waals surface area contributed by atoms with Crippen molar-refractivity contribution in [2.45, 2.75) is 26.8 Å². The molecule has 0 aliphatic heterocycles. The first kappa shape index (κ1) is 14.9. The van der Waals surface area contributed by atoms with E-state index in [9.17, 15) is 0 Å². The summed E-state index contributed by atoms with van der Waals surface area (Å²) in [4.78, 5) is 0. The Labute approximate surface area is 136 Å². The smallest absolute Gasteiger partial charge is 0.170 e. The SMILES string of the molecule is CCCNC(=S)Nc1ccc2c(c1)c1ccccc1n2CC. The van der Waals surface area contributed by atoms with E-state index in [0.29, 0.717) is 5.11 Å². The molecule has 0 atom stereocenters. The average molecular weight is 311 g/mol. The highest BCUT2D eigenvalue weighted by Crippen LogP contribution is 2.30. The number of rotatable bonds is 4. The Bertz CT molecular complexity index is 820. The van der Waals surface area contributed by atoms with Crippen LogP contribution < -0.4 is 10.6 Å². The monoisotopic (exact) mass is 311 g/mol. The molecule has 0 fully saturated rings. The van der Waals surface area contributed by atoms with Gasteiger partial charge in [-0.25, -0.2) is 0 Å². The van der Waals surface area contributed by atoms with E-state index in [1.165, 1.54) is 21.8 Å². The lowest BCUT2D eigenvalue weighted by Crippen LogP contribution is -2.28. The molecule has 3 aromatic rings. The van der Waals surface area contributed by atoms with Crippen molar-refractivity contribution < 1.29 is 0 Å². The standard InChI is InChI=1S/C18H21N3S/c1-3-11-19-18(22)20-13-9-10-17-15(12-13)14-7-5-6-8-16(14)21(17)4-2/h5-10,12H,3-4,11H2,1-2H3,(H2,19,20,22). The topological polar surface area (TPSA) is 29.0 Å². The van der Waals surface area contributed by atoms with Crippen molar-refractivity contribution in [3.05, 3.63) is 42.5 Å². The van der Waals surface area contributed by atoms with E-state index >= 15 is 0 Å². The molecule has 0 aliphatic rings. The summed E-state index contributed by atoms with van der Waals surface area (Å²) < 4.78 is 2.35. The highest BCUT2D eigenvalue weighted by Gasteiger charge is 2.09. The number of nitrogens with one attached hydrogen (secondary N) is 2. The number of nitrogens with zero attached hydrogens (tertiary/aromatic N) is 1. The first-order valence-electron chi connectivity index (χ1n) is 7.80. The van der Waals surface area contributed by atoms with Crippen LogP contribution in [-0.2, 0) is 6.54 Å². The van der Waals surface area contributed by atoms with Crippen molar-refractivity contribution in [1.82, 2.24) is 9.88 Å². The molecule has 3 rings (SSSR count). The molecule has 1 aromatic heterocycles. The highest BCUT2D eigenvalue weighted by atomic mass is 32.1. The van der Waals surface area contributed by atoms with Crippen molar-refractivity contribution in [2.24, 2.45) is 0 Å². The van der Waals surface area contributed by atoms with Gasteiger partial charge in [-0.1, -0.05) is 25.1 Å². The van der Waals surface area contributed by atoms with E-state index < -0.39 is 0 Å². The minimum atomic E-state index is 0.681. The number of aromatic nitrogens is 1. The third kappa shape index (κ3) is 2.66. The van der Waals surface area contributed by atoms with E-state index in [-0.39, 0.29) is 0 Å². The summed E-state index contributed by atoms with van der Waals surface area (Å²) in [7, 11) is 0. The summed E-state index contributed by atoms with van der Waals surface area (Å²) in [5.74, 6) is 0. The van der Waals surface area contributed by atoms with Crippen LogP contribution in [0.25, 0.3) is 21.8 Å². The van der Waals surface area contributed by atoms with Crippen molar-refractivity contribution in [3.8, 4) is 0 Å². The van der Waals surface area contributed by atoms with Gasteiger partial charge in [0.2, 0.25) is 0 Å². The largest absolute Gasteiger partial charge is 0.362 e. The van der Waals surface area contributed by atoms with Gasteiger partial charge >= 0.3 is 0 Å². The van der Waals surface area contributed by atoms with Crippen LogP contribution >= 0.6 is 12.2 Å². The Morgan fingerprint density at radius 3 is 2.59 bits per heavy atom. The van der Waals surface area contributed by atoms with Gasteiger partial charge in [-0.15, -0.1) is 0 Å². The molecule has 3 nitrogen and oxygen atoms in total. The van der Waals surface area contributed by atoms with Crippen LogP contribution in [0.5, 0.6) is 0 Å². The number of benzene rings is 2. The van der Waals surface area contributed by atoms with Crippen molar-refractivity contribution in [2.75, 3.05) is 11.9 Å².